The summed E-state index contributed by atoms with van der Waals surface area (Å²) < 4.78 is 26.2. The summed E-state index contributed by atoms with van der Waals surface area (Å²) >= 11 is 2.81. The van der Waals surface area contributed by atoms with Crippen molar-refractivity contribution in [2.75, 3.05) is 0 Å². The van der Waals surface area contributed by atoms with E-state index in [4.69, 9.17) is 0 Å². The molecular formula is C10H7BrF2O. The van der Waals surface area contributed by atoms with Gasteiger partial charge in [-0.1, -0.05) is 6.07 Å². The summed E-state index contributed by atoms with van der Waals surface area (Å²) in [6, 6.07) is 2.52. The predicted molar refractivity (Wildman–Crippen MR) is 51.0 cm³/mol. The zero-order valence-corrected chi connectivity index (χ0v) is 8.77. The van der Waals surface area contributed by atoms with Crippen LogP contribution in [0.25, 0.3) is 0 Å². The van der Waals surface area contributed by atoms with Gasteiger partial charge < -0.3 is 4.79 Å². The van der Waals surface area contributed by atoms with E-state index in [0.717, 1.165) is 6.29 Å². The van der Waals surface area contributed by atoms with E-state index in [9.17, 15) is 13.6 Å². The second kappa shape index (κ2) is 3.12. The zero-order valence-electron chi connectivity index (χ0n) is 7.19. The number of aldehydes is 1. The van der Waals surface area contributed by atoms with Crippen LogP contribution in [0.3, 0.4) is 0 Å². The highest BCUT2D eigenvalue weighted by Crippen LogP contribution is 2.48. The van der Waals surface area contributed by atoms with Crippen molar-refractivity contribution < 1.29 is 13.6 Å². The number of halogens is 3. The lowest BCUT2D eigenvalue weighted by Gasteiger charge is -2.10. The fourth-order valence-corrected chi connectivity index (χ4v) is 1.84. The van der Waals surface area contributed by atoms with Gasteiger partial charge in [-0.05, 0) is 34.8 Å². The smallest absolute Gasteiger partial charge is 0.144 e. The Labute approximate surface area is 88.2 Å². The summed E-state index contributed by atoms with van der Waals surface area (Å²) in [5, 5.41) is 0. The zero-order chi connectivity index (χ0) is 10.3. The van der Waals surface area contributed by atoms with E-state index in [1.54, 1.807) is 0 Å². The largest absolute Gasteiger partial charge is 0.302 e. The fraction of sp³-hybridized carbons (Fsp3) is 0.300. The highest BCUT2D eigenvalue weighted by molar-refractivity contribution is 9.10. The molecule has 74 valence electrons. The monoisotopic (exact) mass is 260 g/mol. The van der Waals surface area contributed by atoms with Crippen LogP contribution in [0, 0.1) is 11.6 Å². The van der Waals surface area contributed by atoms with Gasteiger partial charge in [0.05, 0.1) is 9.89 Å². The van der Waals surface area contributed by atoms with Gasteiger partial charge in [0.1, 0.15) is 17.9 Å². The van der Waals surface area contributed by atoms with Gasteiger partial charge in [0.15, 0.2) is 0 Å². The van der Waals surface area contributed by atoms with E-state index in [1.807, 2.05) is 0 Å². The van der Waals surface area contributed by atoms with Crippen LogP contribution >= 0.6 is 15.9 Å². The van der Waals surface area contributed by atoms with Gasteiger partial charge >= 0.3 is 0 Å². The van der Waals surface area contributed by atoms with E-state index < -0.39 is 17.0 Å². The van der Waals surface area contributed by atoms with Crippen molar-refractivity contribution in [1.29, 1.82) is 0 Å². The Kier molecular flexibility index (Phi) is 2.18. The molecule has 1 aliphatic carbocycles. The number of rotatable bonds is 2. The molecule has 0 amide bonds. The second-order valence-corrected chi connectivity index (χ2v) is 4.29. The Balaban J connectivity index is 2.55. The van der Waals surface area contributed by atoms with Crippen molar-refractivity contribution in [2.45, 2.75) is 18.3 Å². The van der Waals surface area contributed by atoms with E-state index in [0.29, 0.717) is 18.4 Å². The van der Waals surface area contributed by atoms with Crippen molar-refractivity contribution in [3.63, 3.8) is 0 Å². The first-order valence-corrected chi connectivity index (χ1v) is 5.00. The fourth-order valence-electron chi connectivity index (χ4n) is 1.50. The number of carbonyl (C=O) groups is 1. The number of benzene rings is 1. The Bertz CT molecular complexity index is 399. The molecule has 0 aromatic heterocycles. The summed E-state index contributed by atoms with van der Waals surface area (Å²) in [7, 11) is 0. The first-order valence-electron chi connectivity index (χ1n) is 4.21. The number of hydrogen-bond acceptors (Lipinski definition) is 1. The van der Waals surface area contributed by atoms with Gasteiger partial charge in [-0.15, -0.1) is 0 Å². The third-order valence-corrected chi connectivity index (χ3v) is 3.31. The van der Waals surface area contributed by atoms with Crippen LogP contribution in [0.2, 0.25) is 0 Å². The van der Waals surface area contributed by atoms with E-state index in [2.05, 4.69) is 15.9 Å². The molecule has 1 fully saturated rings. The Hall–Kier alpha value is -0.770. The average Bonchev–Trinajstić information content (AvgIpc) is 2.95. The number of carbonyl (C=O) groups excluding carboxylic acids is 1. The van der Waals surface area contributed by atoms with Gasteiger partial charge in [0, 0.05) is 5.56 Å². The molecule has 1 aromatic rings. The van der Waals surface area contributed by atoms with Crippen LogP contribution < -0.4 is 0 Å². The maximum Gasteiger partial charge on any atom is 0.144 e. The number of hydrogen-bond donors (Lipinski definition) is 0. The minimum absolute atomic E-state index is 0.192. The molecule has 1 aliphatic rings. The Morgan fingerprint density at radius 1 is 1.36 bits per heavy atom. The average molecular weight is 261 g/mol. The van der Waals surface area contributed by atoms with Crippen LogP contribution in [0.15, 0.2) is 16.6 Å². The van der Waals surface area contributed by atoms with Crippen molar-refractivity contribution in [3.8, 4) is 0 Å². The maximum atomic E-state index is 13.5. The third-order valence-electron chi connectivity index (χ3n) is 2.59. The summed E-state index contributed by atoms with van der Waals surface area (Å²) in [6.45, 7) is 0. The van der Waals surface area contributed by atoms with Crippen LogP contribution in [0.1, 0.15) is 18.4 Å². The van der Waals surface area contributed by atoms with Crippen LogP contribution in [-0.4, -0.2) is 6.29 Å². The molecule has 0 heterocycles. The Morgan fingerprint density at radius 3 is 2.50 bits per heavy atom. The topological polar surface area (TPSA) is 17.1 Å². The normalized spacial score (nSPS) is 17.9. The van der Waals surface area contributed by atoms with Crippen molar-refractivity contribution in [3.05, 3.63) is 33.8 Å². The summed E-state index contributed by atoms with van der Waals surface area (Å²) in [6.07, 6.45) is 2.03. The molecule has 0 saturated heterocycles. The molecule has 0 N–H and O–H groups in total. The second-order valence-electron chi connectivity index (χ2n) is 3.50. The Morgan fingerprint density at radius 2 is 2.00 bits per heavy atom. The minimum atomic E-state index is -0.694. The van der Waals surface area contributed by atoms with Gasteiger partial charge in [-0.2, -0.15) is 0 Å². The molecule has 14 heavy (non-hydrogen) atoms. The quantitative estimate of drug-likeness (QED) is 0.590. The molecule has 0 atom stereocenters. The van der Waals surface area contributed by atoms with Crippen LogP contribution in [0.5, 0.6) is 0 Å². The van der Waals surface area contributed by atoms with Gasteiger partial charge in [-0.3, -0.25) is 0 Å². The first-order chi connectivity index (χ1) is 6.60. The summed E-state index contributed by atoms with van der Waals surface area (Å²) in [5.41, 5.74) is -0.402. The predicted octanol–water partition coefficient (Wildman–Crippen LogP) is 2.96. The van der Waals surface area contributed by atoms with Gasteiger partial charge in [0.2, 0.25) is 0 Å². The lowest BCUT2D eigenvalue weighted by Crippen LogP contribution is -2.11. The molecule has 0 aliphatic heterocycles. The SMILES string of the molecule is O=CC1(c2ccc(F)c(Br)c2F)CC1. The molecular weight excluding hydrogens is 254 g/mol. The maximum absolute atomic E-state index is 13.5. The van der Waals surface area contributed by atoms with Crippen LogP contribution in [0.4, 0.5) is 8.78 Å². The molecule has 1 aromatic carbocycles. The lowest BCUT2D eigenvalue weighted by molar-refractivity contribution is -0.109. The summed E-state index contributed by atoms with van der Waals surface area (Å²) in [4.78, 5) is 10.8. The summed E-state index contributed by atoms with van der Waals surface area (Å²) in [5.74, 6) is -1.30. The van der Waals surface area contributed by atoms with Crippen LogP contribution in [-0.2, 0) is 10.2 Å². The van der Waals surface area contributed by atoms with Crippen molar-refractivity contribution >= 4 is 22.2 Å². The molecule has 4 heteroatoms. The highest BCUT2D eigenvalue weighted by atomic mass is 79.9. The molecule has 1 saturated carbocycles. The van der Waals surface area contributed by atoms with E-state index >= 15 is 0 Å². The highest BCUT2D eigenvalue weighted by Gasteiger charge is 2.46. The third kappa shape index (κ3) is 1.29. The minimum Gasteiger partial charge on any atom is -0.302 e. The molecule has 1 nitrogen and oxygen atoms in total. The van der Waals surface area contributed by atoms with Gasteiger partial charge in [-0.25, -0.2) is 8.78 Å². The lowest BCUT2D eigenvalue weighted by atomic mass is 9.97. The molecule has 0 spiro atoms. The standard InChI is InChI=1S/C10H7BrF2O/c11-8-7(12)2-1-6(9(8)13)10(5-14)3-4-10/h1-2,5H,3-4H2. The molecule has 0 bridgehead atoms. The molecule has 0 radical (unpaired) electrons. The van der Waals surface area contributed by atoms with Crippen molar-refractivity contribution in [2.24, 2.45) is 0 Å². The van der Waals surface area contributed by atoms with Crippen molar-refractivity contribution in [1.82, 2.24) is 0 Å². The van der Waals surface area contributed by atoms with Gasteiger partial charge in [0.25, 0.3) is 0 Å². The first kappa shape index (κ1) is 9.77. The van der Waals surface area contributed by atoms with E-state index in [1.165, 1.54) is 12.1 Å². The molecule has 2 rings (SSSR count). The van der Waals surface area contributed by atoms with E-state index in [-0.39, 0.29) is 4.47 Å². The molecule has 0 unspecified atom stereocenters.